The molecule has 4 nitrogen and oxygen atoms in total. The molecule has 5 aliphatic rings. The normalized spacial score (nSPS) is 57.6. The first kappa shape index (κ1) is 18.4. The molecule has 1 unspecified atom stereocenters. The molecule has 0 aromatic rings. The molecular formula is C23H36O4. The maximum absolute atomic E-state index is 11.8. The van der Waals surface area contributed by atoms with Crippen LogP contribution < -0.4 is 0 Å². The Morgan fingerprint density at radius 1 is 0.926 bits per heavy atom. The van der Waals surface area contributed by atoms with Crippen LogP contribution in [-0.2, 0) is 9.53 Å². The lowest BCUT2D eigenvalue weighted by atomic mass is 9.44. The lowest BCUT2D eigenvalue weighted by molar-refractivity contribution is -0.160. The Kier molecular flexibility index (Phi) is 4.06. The molecule has 9 atom stereocenters. The molecule has 2 N–H and O–H groups in total. The maximum Gasteiger partial charge on any atom is 0.338 e. The SMILES string of the molecule is C[C@]12CCCC[C@H]1CC[C@H]1[C@H]3CC[C@H]([C@]4(O)COC(=O)C4O)[C@@]3(C)CC[C@@H]12. The van der Waals surface area contributed by atoms with E-state index in [2.05, 4.69) is 13.8 Å². The molecule has 1 heterocycles. The lowest BCUT2D eigenvalue weighted by Crippen LogP contribution is -2.57. The van der Waals surface area contributed by atoms with Gasteiger partial charge in [0.2, 0.25) is 0 Å². The van der Waals surface area contributed by atoms with E-state index in [1.807, 2.05) is 0 Å². The third-order valence-corrected chi connectivity index (χ3v) is 10.3. The van der Waals surface area contributed by atoms with E-state index in [0.717, 1.165) is 37.0 Å². The number of carbonyl (C=O) groups excluding carboxylic acids is 1. The summed E-state index contributed by atoms with van der Waals surface area (Å²) in [4.78, 5) is 11.8. The fraction of sp³-hybridized carbons (Fsp3) is 0.957. The van der Waals surface area contributed by atoms with Gasteiger partial charge in [-0.2, -0.15) is 0 Å². The van der Waals surface area contributed by atoms with Crippen molar-refractivity contribution < 1.29 is 19.7 Å². The van der Waals surface area contributed by atoms with E-state index < -0.39 is 17.7 Å². The van der Waals surface area contributed by atoms with Gasteiger partial charge in [-0.3, -0.25) is 0 Å². The van der Waals surface area contributed by atoms with E-state index >= 15 is 0 Å². The molecule has 0 spiro atoms. The van der Waals surface area contributed by atoms with Gasteiger partial charge in [0.1, 0.15) is 12.2 Å². The predicted octanol–water partition coefficient (Wildman–Crippen LogP) is 3.68. The van der Waals surface area contributed by atoms with E-state index in [-0.39, 0.29) is 17.9 Å². The molecule has 27 heavy (non-hydrogen) atoms. The van der Waals surface area contributed by atoms with Crippen LogP contribution in [0.1, 0.15) is 78.1 Å². The van der Waals surface area contributed by atoms with Crippen molar-refractivity contribution in [2.45, 2.75) is 89.8 Å². The van der Waals surface area contributed by atoms with E-state index in [0.29, 0.717) is 11.3 Å². The summed E-state index contributed by atoms with van der Waals surface area (Å²) in [6, 6.07) is 0. The van der Waals surface area contributed by atoms with Crippen molar-refractivity contribution in [2.75, 3.05) is 6.61 Å². The van der Waals surface area contributed by atoms with Crippen LogP contribution in [0.15, 0.2) is 0 Å². The standard InChI is InChI=1S/C23H36O4/c1-21-11-4-3-5-14(21)6-7-15-16-8-9-18(22(16,2)12-10-17(15)21)23(26)13-27-20(25)19(23)24/h14-19,24,26H,3-13H2,1-2H3/t14-,15-,16+,17-,18-,19?,21-,22-,23+/m0/s1. The Morgan fingerprint density at radius 2 is 1.70 bits per heavy atom. The monoisotopic (exact) mass is 376 g/mol. The van der Waals surface area contributed by atoms with Gasteiger partial charge in [0, 0.05) is 0 Å². The number of cyclic esters (lactones) is 1. The number of aliphatic hydroxyl groups is 2. The maximum atomic E-state index is 11.8. The van der Waals surface area contributed by atoms with E-state index in [9.17, 15) is 15.0 Å². The minimum Gasteiger partial charge on any atom is -0.460 e. The molecule has 5 rings (SSSR count). The number of aliphatic hydroxyl groups excluding tert-OH is 1. The molecule has 0 radical (unpaired) electrons. The van der Waals surface area contributed by atoms with Gasteiger partial charge in [-0.05, 0) is 91.8 Å². The fourth-order valence-electron chi connectivity index (χ4n) is 8.96. The van der Waals surface area contributed by atoms with Gasteiger partial charge in [-0.15, -0.1) is 0 Å². The van der Waals surface area contributed by atoms with E-state index in [4.69, 9.17) is 4.74 Å². The molecule has 4 heteroatoms. The lowest BCUT2D eigenvalue weighted by Gasteiger charge is -2.61. The highest BCUT2D eigenvalue weighted by Gasteiger charge is 2.66. The van der Waals surface area contributed by atoms with Gasteiger partial charge in [-0.25, -0.2) is 4.79 Å². The average Bonchev–Trinajstić information content (AvgIpc) is 3.14. The van der Waals surface area contributed by atoms with Crippen LogP contribution in [0.4, 0.5) is 0 Å². The van der Waals surface area contributed by atoms with Crippen LogP contribution in [0.5, 0.6) is 0 Å². The molecule has 0 aromatic heterocycles. The Labute approximate surface area is 163 Å². The summed E-state index contributed by atoms with van der Waals surface area (Å²) in [6.07, 6.45) is 11.4. The van der Waals surface area contributed by atoms with Crippen LogP contribution in [0.25, 0.3) is 0 Å². The first-order valence-corrected chi connectivity index (χ1v) is 11.4. The highest BCUT2D eigenvalue weighted by Crippen LogP contribution is 2.68. The molecular weight excluding hydrogens is 340 g/mol. The van der Waals surface area contributed by atoms with Gasteiger partial charge in [0.25, 0.3) is 0 Å². The summed E-state index contributed by atoms with van der Waals surface area (Å²) in [5.41, 5.74) is -0.856. The molecule has 4 saturated carbocycles. The second-order valence-corrected chi connectivity index (χ2v) is 11.1. The zero-order chi connectivity index (χ0) is 19.0. The number of hydrogen-bond donors (Lipinski definition) is 2. The van der Waals surface area contributed by atoms with Gasteiger partial charge in [0.05, 0.1) is 0 Å². The topological polar surface area (TPSA) is 66.8 Å². The number of hydrogen-bond acceptors (Lipinski definition) is 4. The molecule has 0 aromatic carbocycles. The van der Waals surface area contributed by atoms with Crippen LogP contribution in [0.2, 0.25) is 0 Å². The van der Waals surface area contributed by atoms with Crippen molar-refractivity contribution in [3.05, 3.63) is 0 Å². The fourth-order valence-corrected chi connectivity index (χ4v) is 8.96. The van der Waals surface area contributed by atoms with Crippen molar-refractivity contribution in [3.8, 4) is 0 Å². The Morgan fingerprint density at radius 3 is 2.44 bits per heavy atom. The minimum atomic E-state index is -1.39. The smallest absolute Gasteiger partial charge is 0.338 e. The van der Waals surface area contributed by atoms with Crippen molar-refractivity contribution in [2.24, 2.45) is 40.4 Å². The van der Waals surface area contributed by atoms with E-state index in [1.54, 1.807) is 0 Å². The third-order valence-electron chi connectivity index (χ3n) is 10.3. The Bertz CT molecular complexity index is 634. The largest absolute Gasteiger partial charge is 0.460 e. The van der Waals surface area contributed by atoms with Crippen molar-refractivity contribution in [1.29, 1.82) is 0 Å². The third kappa shape index (κ3) is 2.32. The van der Waals surface area contributed by atoms with Gasteiger partial charge < -0.3 is 14.9 Å². The summed E-state index contributed by atoms with van der Waals surface area (Å²) in [5, 5.41) is 21.7. The number of esters is 1. The van der Waals surface area contributed by atoms with Gasteiger partial charge in [0.15, 0.2) is 6.10 Å². The highest BCUT2D eigenvalue weighted by atomic mass is 16.6. The summed E-state index contributed by atoms with van der Waals surface area (Å²) < 4.78 is 5.07. The van der Waals surface area contributed by atoms with Crippen molar-refractivity contribution in [1.82, 2.24) is 0 Å². The Hall–Kier alpha value is -0.610. The Balaban J connectivity index is 1.44. The zero-order valence-corrected chi connectivity index (χ0v) is 17.0. The quantitative estimate of drug-likeness (QED) is 0.685. The molecule has 1 saturated heterocycles. The van der Waals surface area contributed by atoms with Crippen LogP contribution in [-0.4, -0.2) is 34.5 Å². The summed E-state index contributed by atoms with van der Waals surface area (Å²) in [7, 11) is 0. The van der Waals surface area contributed by atoms with Crippen molar-refractivity contribution in [3.63, 3.8) is 0 Å². The second-order valence-electron chi connectivity index (χ2n) is 11.1. The van der Waals surface area contributed by atoms with Crippen LogP contribution in [0.3, 0.4) is 0 Å². The van der Waals surface area contributed by atoms with Crippen LogP contribution >= 0.6 is 0 Å². The van der Waals surface area contributed by atoms with Gasteiger partial charge in [-0.1, -0.05) is 26.7 Å². The van der Waals surface area contributed by atoms with Crippen LogP contribution in [0, 0.1) is 40.4 Å². The molecule has 5 fully saturated rings. The summed E-state index contributed by atoms with van der Waals surface area (Å²) in [6.45, 7) is 4.89. The molecule has 4 aliphatic carbocycles. The first-order valence-electron chi connectivity index (χ1n) is 11.4. The number of fused-ring (bicyclic) bond motifs is 5. The van der Waals surface area contributed by atoms with E-state index in [1.165, 1.54) is 44.9 Å². The molecule has 0 amide bonds. The van der Waals surface area contributed by atoms with Gasteiger partial charge >= 0.3 is 5.97 Å². The average molecular weight is 377 g/mol. The molecule has 152 valence electrons. The van der Waals surface area contributed by atoms with Crippen molar-refractivity contribution >= 4 is 5.97 Å². The highest BCUT2D eigenvalue weighted by molar-refractivity contribution is 5.78. The molecule has 1 aliphatic heterocycles. The second kappa shape index (κ2) is 5.95. The predicted molar refractivity (Wildman–Crippen MR) is 102 cm³/mol. The zero-order valence-electron chi connectivity index (χ0n) is 17.0. The first-order chi connectivity index (χ1) is 12.8. The number of ether oxygens (including phenoxy) is 1. The summed E-state index contributed by atoms with van der Waals surface area (Å²) in [5.74, 6) is 2.44. The molecule has 0 bridgehead atoms. The number of rotatable bonds is 1. The number of carbonyl (C=O) groups is 1. The minimum absolute atomic E-state index is 0.0166. The summed E-state index contributed by atoms with van der Waals surface area (Å²) >= 11 is 0.